The van der Waals surface area contributed by atoms with Crippen molar-refractivity contribution in [3.05, 3.63) is 29.3 Å². The maximum absolute atomic E-state index is 11.0. The maximum Gasteiger partial charge on any atom is 0.319 e. The first-order valence-corrected chi connectivity index (χ1v) is 6.52. The molecule has 19 heavy (non-hydrogen) atoms. The fraction of sp³-hybridized carbons (Fsp3) is 0.533. The van der Waals surface area contributed by atoms with E-state index < -0.39 is 0 Å². The maximum atomic E-state index is 11.0. The SMILES string of the molecule is COC(=O)CNCCc1ccc(C(C)C)cc1OC. The summed E-state index contributed by atoms with van der Waals surface area (Å²) in [5.74, 6) is 1.15. The lowest BCUT2D eigenvalue weighted by atomic mass is 10.00. The monoisotopic (exact) mass is 265 g/mol. The van der Waals surface area contributed by atoms with Crippen LogP contribution in [0.15, 0.2) is 18.2 Å². The van der Waals surface area contributed by atoms with Gasteiger partial charge in [-0.05, 0) is 36.1 Å². The summed E-state index contributed by atoms with van der Waals surface area (Å²) in [7, 11) is 3.07. The molecule has 0 aliphatic rings. The average Bonchev–Trinajstić information content (AvgIpc) is 2.42. The zero-order valence-corrected chi connectivity index (χ0v) is 12.2. The van der Waals surface area contributed by atoms with E-state index in [1.807, 2.05) is 0 Å². The third-order valence-electron chi connectivity index (χ3n) is 3.05. The minimum Gasteiger partial charge on any atom is -0.496 e. The summed E-state index contributed by atoms with van der Waals surface area (Å²) in [6.07, 6.45) is 0.818. The van der Waals surface area contributed by atoms with E-state index in [1.54, 1.807) is 7.11 Å². The number of hydrogen-bond donors (Lipinski definition) is 1. The predicted molar refractivity (Wildman–Crippen MR) is 75.7 cm³/mol. The molecule has 0 unspecified atom stereocenters. The van der Waals surface area contributed by atoms with E-state index in [0.717, 1.165) is 17.7 Å². The highest BCUT2D eigenvalue weighted by Gasteiger charge is 2.07. The first kappa shape index (κ1) is 15.5. The molecular weight excluding hydrogens is 242 g/mol. The molecule has 0 saturated carbocycles. The van der Waals surface area contributed by atoms with Gasteiger partial charge in [-0.1, -0.05) is 26.0 Å². The Morgan fingerprint density at radius 3 is 2.63 bits per heavy atom. The largest absolute Gasteiger partial charge is 0.496 e. The number of hydrogen-bond acceptors (Lipinski definition) is 4. The first-order valence-electron chi connectivity index (χ1n) is 6.52. The smallest absolute Gasteiger partial charge is 0.319 e. The predicted octanol–water partition coefficient (Wildman–Crippen LogP) is 2.12. The van der Waals surface area contributed by atoms with Crippen LogP contribution in [0.5, 0.6) is 5.75 Å². The average molecular weight is 265 g/mol. The van der Waals surface area contributed by atoms with E-state index in [0.29, 0.717) is 12.5 Å². The lowest BCUT2D eigenvalue weighted by Gasteiger charge is -2.13. The van der Waals surface area contributed by atoms with Crippen LogP contribution in [0.4, 0.5) is 0 Å². The zero-order valence-electron chi connectivity index (χ0n) is 12.2. The number of methoxy groups -OCH3 is 2. The Morgan fingerprint density at radius 2 is 2.05 bits per heavy atom. The molecule has 0 bridgehead atoms. The molecule has 0 spiro atoms. The molecule has 0 saturated heterocycles. The fourth-order valence-electron chi connectivity index (χ4n) is 1.81. The number of benzene rings is 1. The second-order valence-corrected chi connectivity index (χ2v) is 4.73. The molecule has 4 heteroatoms. The highest BCUT2D eigenvalue weighted by molar-refractivity contribution is 5.71. The van der Waals surface area contributed by atoms with Crippen LogP contribution in [0.25, 0.3) is 0 Å². The van der Waals surface area contributed by atoms with Gasteiger partial charge in [0.15, 0.2) is 0 Å². The summed E-state index contributed by atoms with van der Waals surface area (Å²) in [5, 5.41) is 3.04. The van der Waals surface area contributed by atoms with Crippen molar-refractivity contribution in [1.82, 2.24) is 5.32 Å². The Balaban J connectivity index is 2.56. The summed E-state index contributed by atoms with van der Waals surface area (Å²) >= 11 is 0. The first-order chi connectivity index (χ1) is 9.08. The molecule has 1 aromatic rings. The van der Waals surface area contributed by atoms with E-state index in [1.165, 1.54) is 12.7 Å². The van der Waals surface area contributed by atoms with Gasteiger partial charge in [-0.25, -0.2) is 0 Å². The van der Waals surface area contributed by atoms with Crippen molar-refractivity contribution in [3.8, 4) is 5.75 Å². The van der Waals surface area contributed by atoms with Gasteiger partial charge in [0.1, 0.15) is 5.75 Å². The fourth-order valence-corrected chi connectivity index (χ4v) is 1.81. The van der Waals surface area contributed by atoms with E-state index in [4.69, 9.17) is 4.74 Å². The summed E-state index contributed by atoms with van der Waals surface area (Å²) in [6.45, 7) is 5.27. The Bertz CT molecular complexity index is 416. The second-order valence-electron chi connectivity index (χ2n) is 4.73. The molecular formula is C15H23NO3. The lowest BCUT2D eigenvalue weighted by molar-refractivity contribution is -0.139. The van der Waals surface area contributed by atoms with Gasteiger partial charge in [0.2, 0.25) is 0 Å². The molecule has 0 fully saturated rings. The van der Waals surface area contributed by atoms with Crippen molar-refractivity contribution < 1.29 is 14.3 Å². The number of esters is 1. The Morgan fingerprint density at radius 1 is 1.32 bits per heavy atom. The van der Waals surface area contributed by atoms with Crippen LogP contribution in [0, 0.1) is 0 Å². The zero-order chi connectivity index (χ0) is 14.3. The van der Waals surface area contributed by atoms with Crippen molar-refractivity contribution >= 4 is 5.97 Å². The summed E-state index contributed by atoms with van der Waals surface area (Å²) in [6, 6.07) is 6.30. The van der Waals surface area contributed by atoms with Gasteiger partial charge in [-0.15, -0.1) is 0 Å². The molecule has 4 nitrogen and oxygen atoms in total. The molecule has 0 radical (unpaired) electrons. The van der Waals surface area contributed by atoms with Crippen LogP contribution in [0.2, 0.25) is 0 Å². The molecule has 1 N–H and O–H groups in total. The number of rotatable bonds is 7. The van der Waals surface area contributed by atoms with Crippen molar-refractivity contribution in [2.75, 3.05) is 27.3 Å². The van der Waals surface area contributed by atoms with Gasteiger partial charge >= 0.3 is 5.97 Å². The Labute approximate surface area is 115 Å². The van der Waals surface area contributed by atoms with E-state index >= 15 is 0 Å². The van der Waals surface area contributed by atoms with Gasteiger partial charge in [0.05, 0.1) is 20.8 Å². The number of nitrogens with one attached hydrogen (secondary N) is 1. The normalized spacial score (nSPS) is 10.6. The number of ether oxygens (including phenoxy) is 2. The minimum absolute atomic E-state index is 0.239. The molecule has 1 aromatic carbocycles. The molecule has 0 aliphatic heterocycles. The molecule has 0 heterocycles. The molecule has 0 amide bonds. The topological polar surface area (TPSA) is 47.6 Å². The molecule has 1 rings (SSSR count). The quantitative estimate of drug-likeness (QED) is 0.606. The van der Waals surface area contributed by atoms with Crippen molar-refractivity contribution in [2.24, 2.45) is 0 Å². The van der Waals surface area contributed by atoms with Gasteiger partial charge in [-0.3, -0.25) is 4.79 Å². The van der Waals surface area contributed by atoms with Crippen LogP contribution in [-0.4, -0.2) is 33.3 Å². The molecule has 0 atom stereocenters. The van der Waals surface area contributed by atoms with Crippen LogP contribution < -0.4 is 10.1 Å². The van der Waals surface area contributed by atoms with Crippen molar-refractivity contribution in [1.29, 1.82) is 0 Å². The van der Waals surface area contributed by atoms with E-state index in [-0.39, 0.29) is 12.5 Å². The standard InChI is InChI=1S/C15H23NO3/c1-11(2)13-6-5-12(14(9-13)18-3)7-8-16-10-15(17)19-4/h5-6,9,11,16H,7-8,10H2,1-4H3. The Hall–Kier alpha value is -1.55. The van der Waals surface area contributed by atoms with Crippen molar-refractivity contribution in [2.45, 2.75) is 26.2 Å². The van der Waals surface area contributed by atoms with E-state index in [2.05, 4.69) is 42.1 Å². The van der Waals surface area contributed by atoms with Gasteiger partial charge in [-0.2, -0.15) is 0 Å². The minimum atomic E-state index is -0.248. The van der Waals surface area contributed by atoms with Crippen LogP contribution in [0.1, 0.15) is 30.9 Å². The molecule has 0 aliphatic carbocycles. The van der Waals surface area contributed by atoms with Gasteiger partial charge < -0.3 is 14.8 Å². The van der Waals surface area contributed by atoms with Crippen molar-refractivity contribution in [3.63, 3.8) is 0 Å². The summed E-state index contributed by atoms with van der Waals surface area (Å²) in [4.78, 5) is 11.0. The van der Waals surface area contributed by atoms with Gasteiger partial charge in [0, 0.05) is 0 Å². The third-order valence-corrected chi connectivity index (χ3v) is 3.05. The van der Waals surface area contributed by atoms with Crippen LogP contribution in [0.3, 0.4) is 0 Å². The second kappa shape index (κ2) is 7.79. The third kappa shape index (κ3) is 4.91. The van der Waals surface area contributed by atoms with E-state index in [9.17, 15) is 4.79 Å². The van der Waals surface area contributed by atoms with Crippen LogP contribution >= 0.6 is 0 Å². The Kier molecular flexibility index (Phi) is 6.36. The summed E-state index contributed by atoms with van der Waals surface area (Å²) in [5.41, 5.74) is 2.41. The highest BCUT2D eigenvalue weighted by atomic mass is 16.5. The highest BCUT2D eigenvalue weighted by Crippen LogP contribution is 2.24. The number of carbonyl (C=O) groups is 1. The molecule has 0 aromatic heterocycles. The molecule has 106 valence electrons. The number of carbonyl (C=O) groups excluding carboxylic acids is 1. The van der Waals surface area contributed by atoms with Crippen LogP contribution in [-0.2, 0) is 16.0 Å². The lowest BCUT2D eigenvalue weighted by Crippen LogP contribution is -2.25. The van der Waals surface area contributed by atoms with Gasteiger partial charge in [0.25, 0.3) is 0 Å². The summed E-state index contributed by atoms with van der Waals surface area (Å²) < 4.78 is 9.98.